The number of nitrogens with one attached hydrogen (secondary N) is 1. The molecule has 21 heavy (non-hydrogen) atoms. The van der Waals surface area contributed by atoms with Crippen LogP contribution in [0, 0.1) is 20.8 Å². The molecule has 0 radical (unpaired) electrons. The highest BCUT2D eigenvalue weighted by atomic mass is 16.5. The summed E-state index contributed by atoms with van der Waals surface area (Å²) >= 11 is 0. The van der Waals surface area contributed by atoms with Crippen LogP contribution in [0.5, 0.6) is 5.75 Å². The van der Waals surface area contributed by atoms with E-state index < -0.39 is 0 Å². The minimum absolute atomic E-state index is 0.0303. The van der Waals surface area contributed by atoms with Crippen LogP contribution < -0.4 is 16.0 Å². The van der Waals surface area contributed by atoms with Crippen LogP contribution in [0.4, 0.5) is 0 Å². The zero-order valence-electron chi connectivity index (χ0n) is 13.0. The summed E-state index contributed by atoms with van der Waals surface area (Å²) in [6, 6.07) is 1.95. The first-order valence-electron chi connectivity index (χ1n) is 6.94. The van der Waals surface area contributed by atoms with E-state index in [1.165, 1.54) is 0 Å². The van der Waals surface area contributed by atoms with E-state index in [1.807, 2.05) is 32.3 Å². The third-order valence-corrected chi connectivity index (χ3v) is 3.80. The number of aryl methyl sites for hydroxylation is 2. The van der Waals surface area contributed by atoms with Crippen LogP contribution in [0.25, 0.3) is 0 Å². The molecule has 0 amide bonds. The number of pyridine rings is 2. The van der Waals surface area contributed by atoms with Gasteiger partial charge in [0.05, 0.1) is 13.2 Å². The van der Waals surface area contributed by atoms with Crippen LogP contribution in [0.3, 0.4) is 0 Å². The third-order valence-electron chi connectivity index (χ3n) is 3.80. The van der Waals surface area contributed by atoms with Gasteiger partial charge in [-0.15, -0.1) is 0 Å². The second-order valence-electron chi connectivity index (χ2n) is 5.20. The van der Waals surface area contributed by atoms with Crippen molar-refractivity contribution >= 4 is 0 Å². The van der Waals surface area contributed by atoms with Gasteiger partial charge in [0.25, 0.3) is 0 Å². The minimum Gasteiger partial charge on any atom is -0.496 e. The Kier molecular flexibility index (Phi) is 4.88. The summed E-state index contributed by atoms with van der Waals surface area (Å²) in [7, 11) is 1.68. The molecule has 0 aliphatic heterocycles. The summed E-state index contributed by atoms with van der Waals surface area (Å²) in [6.45, 7) is 6.07. The molecule has 0 fully saturated rings. The molecule has 0 bridgehead atoms. The quantitative estimate of drug-likeness (QED) is 0.651. The summed E-state index contributed by atoms with van der Waals surface area (Å²) in [5.74, 6) is 6.62. The van der Waals surface area contributed by atoms with Gasteiger partial charge in [-0.25, -0.2) is 0 Å². The molecule has 0 saturated carbocycles. The maximum atomic E-state index is 5.74. The second-order valence-corrected chi connectivity index (χ2v) is 5.20. The number of hydrogen-bond acceptors (Lipinski definition) is 5. The van der Waals surface area contributed by atoms with Gasteiger partial charge in [-0.2, -0.15) is 0 Å². The lowest BCUT2D eigenvalue weighted by Crippen LogP contribution is -2.30. The van der Waals surface area contributed by atoms with Gasteiger partial charge in [-0.3, -0.25) is 21.2 Å². The van der Waals surface area contributed by atoms with Crippen molar-refractivity contribution in [2.45, 2.75) is 33.2 Å². The van der Waals surface area contributed by atoms with Gasteiger partial charge in [0.15, 0.2) is 0 Å². The molecular formula is C16H22N4O. The van der Waals surface area contributed by atoms with Gasteiger partial charge >= 0.3 is 0 Å². The second kappa shape index (κ2) is 6.65. The summed E-state index contributed by atoms with van der Waals surface area (Å²) in [4.78, 5) is 8.72. The Labute approximate surface area is 125 Å². The lowest BCUT2D eigenvalue weighted by molar-refractivity contribution is 0.406. The smallest absolute Gasteiger partial charge is 0.128 e. The Morgan fingerprint density at radius 3 is 2.62 bits per heavy atom. The fourth-order valence-corrected chi connectivity index (χ4v) is 2.57. The van der Waals surface area contributed by atoms with Crippen molar-refractivity contribution in [1.82, 2.24) is 15.4 Å². The highest BCUT2D eigenvalue weighted by molar-refractivity contribution is 5.41. The highest BCUT2D eigenvalue weighted by Gasteiger charge is 2.17. The standard InChI is InChI=1S/C16H22N4O/c1-10-5-6-18-9-13(10)15(20-17)7-14-12(3)16(21-4)11(2)8-19-14/h5-6,8-9,15,20H,7,17H2,1-4H3. The zero-order chi connectivity index (χ0) is 15.4. The van der Waals surface area contributed by atoms with Crippen LogP contribution in [-0.2, 0) is 6.42 Å². The molecule has 1 atom stereocenters. The van der Waals surface area contributed by atoms with Crippen molar-refractivity contribution in [3.05, 3.63) is 52.6 Å². The van der Waals surface area contributed by atoms with Crippen LogP contribution in [-0.4, -0.2) is 17.1 Å². The number of rotatable bonds is 5. The number of nitrogens with zero attached hydrogens (tertiary/aromatic N) is 2. The fourth-order valence-electron chi connectivity index (χ4n) is 2.57. The Bertz CT molecular complexity index is 628. The van der Waals surface area contributed by atoms with E-state index in [0.717, 1.165) is 33.7 Å². The average molecular weight is 286 g/mol. The first-order chi connectivity index (χ1) is 10.1. The normalized spacial score (nSPS) is 12.2. The van der Waals surface area contributed by atoms with Crippen LogP contribution in [0.1, 0.15) is 34.0 Å². The van der Waals surface area contributed by atoms with Gasteiger partial charge < -0.3 is 4.74 Å². The molecule has 0 spiro atoms. The average Bonchev–Trinajstić information content (AvgIpc) is 2.48. The lowest BCUT2D eigenvalue weighted by Gasteiger charge is -2.20. The van der Waals surface area contributed by atoms with Crippen molar-refractivity contribution in [2.75, 3.05) is 7.11 Å². The predicted molar refractivity (Wildman–Crippen MR) is 83.0 cm³/mol. The van der Waals surface area contributed by atoms with Crippen molar-refractivity contribution in [2.24, 2.45) is 5.84 Å². The molecular weight excluding hydrogens is 264 g/mol. The van der Waals surface area contributed by atoms with E-state index in [4.69, 9.17) is 10.6 Å². The number of aromatic nitrogens is 2. The van der Waals surface area contributed by atoms with E-state index in [2.05, 4.69) is 22.3 Å². The largest absolute Gasteiger partial charge is 0.496 e. The summed E-state index contributed by atoms with van der Waals surface area (Å²) < 4.78 is 5.46. The van der Waals surface area contributed by atoms with Gasteiger partial charge in [0, 0.05) is 41.8 Å². The maximum absolute atomic E-state index is 5.74. The van der Waals surface area contributed by atoms with Crippen molar-refractivity contribution in [1.29, 1.82) is 0 Å². The van der Waals surface area contributed by atoms with Crippen molar-refractivity contribution in [3.63, 3.8) is 0 Å². The molecule has 1 unspecified atom stereocenters. The predicted octanol–water partition coefficient (Wildman–Crippen LogP) is 2.16. The zero-order valence-corrected chi connectivity index (χ0v) is 13.0. The van der Waals surface area contributed by atoms with Gasteiger partial charge in [-0.1, -0.05) is 0 Å². The SMILES string of the molecule is COc1c(C)cnc(CC(NN)c2cnccc2C)c1C. The molecule has 0 aliphatic rings. The number of hydrogen-bond donors (Lipinski definition) is 2. The molecule has 0 aromatic carbocycles. The molecule has 2 heterocycles. The highest BCUT2D eigenvalue weighted by Crippen LogP contribution is 2.27. The molecule has 112 valence electrons. The van der Waals surface area contributed by atoms with Gasteiger partial charge in [-0.05, 0) is 38.0 Å². The van der Waals surface area contributed by atoms with E-state index in [0.29, 0.717) is 6.42 Å². The first-order valence-corrected chi connectivity index (χ1v) is 6.94. The number of ether oxygens (including phenoxy) is 1. The molecule has 2 rings (SSSR count). The molecule has 2 aromatic heterocycles. The topological polar surface area (TPSA) is 73.1 Å². The number of methoxy groups -OCH3 is 1. The Morgan fingerprint density at radius 2 is 2.00 bits per heavy atom. The van der Waals surface area contributed by atoms with E-state index in [1.54, 1.807) is 13.3 Å². The van der Waals surface area contributed by atoms with Gasteiger partial charge in [0.2, 0.25) is 0 Å². The van der Waals surface area contributed by atoms with E-state index in [9.17, 15) is 0 Å². The fraction of sp³-hybridized carbons (Fsp3) is 0.375. The molecule has 0 aliphatic carbocycles. The summed E-state index contributed by atoms with van der Waals surface area (Å²) in [5, 5.41) is 0. The molecule has 2 aromatic rings. The molecule has 0 saturated heterocycles. The Morgan fingerprint density at radius 1 is 1.24 bits per heavy atom. The molecule has 3 N–H and O–H groups in total. The van der Waals surface area contributed by atoms with Crippen LogP contribution >= 0.6 is 0 Å². The molecule has 5 heteroatoms. The minimum atomic E-state index is -0.0303. The number of hydrazine groups is 1. The summed E-state index contributed by atoms with van der Waals surface area (Å²) in [5.41, 5.74) is 8.17. The monoisotopic (exact) mass is 286 g/mol. The van der Waals surface area contributed by atoms with E-state index >= 15 is 0 Å². The number of nitrogens with two attached hydrogens (primary N) is 1. The lowest BCUT2D eigenvalue weighted by atomic mass is 9.97. The van der Waals surface area contributed by atoms with E-state index in [-0.39, 0.29) is 6.04 Å². The molecule has 5 nitrogen and oxygen atoms in total. The Hall–Kier alpha value is -1.98. The first kappa shape index (κ1) is 15.4. The third kappa shape index (κ3) is 3.20. The van der Waals surface area contributed by atoms with Crippen LogP contribution in [0.2, 0.25) is 0 Å². The van der Waals surface area contributed by atoms with Gasteiger partial charge in [0.1, 0.15) is 5.75 Å². The van der Waals surface area contributed by atoms with Crippen molar-refractivity contribution < 1.29 is 4.74 Å². The van der Waals surface area contributed by atoms with Crippen LogP contribution in [0.15, 0.2) is 24.7 Å². The Balaban J connectivity index is 2.34. The van der Waals surface area contributed by atoms with Crippen molar-refractivity contribution in [3.8, 4) is 5.75 Å². The maximum Gasteiger partial charge on any atom is 0.128 e. The summed E-state index contributed by atoms with van der Waals surface area (Å²) in [6.07, 6.45) is 6.15.